The first kappa shape index (κ1) is 54.4. The molecule has 0 saturated carbocycles. The summed E-state index contributed by atoms with van der Waals surface area (Å²) < 4.78 is 32.6. The largest absolute Gasteiger partial charge is 0.472 e. The molecule has 0 rings (SSSR count). The number of ether oxygens (including phenoxy) is 2. The van der Waals surface area contributed by atoms with Crippen molar-refractivity contribution in [1.29, 1.82) is 0 Å². The maximum absolute atomic E-state index is 12.6. The Balaban J connectivity index is 4.40. The fourth-order valence-electron chi connectivity index (χ4n) is 5.51. The van der Waals surface area contributed by atoms with Crippen molar-refractivity contribution in [2.75, 3.05) is 26.4 Å². The number of esters is 2. The van der Waals surface area contributed by atoms with E-state index in [2.05, 4.69) is 85.2 Å². The Morgan fingerprint density at radius 1 is 0.544 bits per heavy atom. The molecule has 0 bridgehead atoms. The molecule has 0 aromatic carbocycles. The van der Waals surface area contributed by atoms with E-state index in [1.54, 1.807) is 0 Å². The number of unbranched alkanes of at least 4 members (excludes halogenated alkanes) is 14. The van der Waals surface area contributed by atoms with Gasteiger partial charge in [-0.25, -0.2) is 4.57 Å². The fourth-order valence-corrected chi connectivity index (χ4v) is 6.30. The first-order chi connectivity index (χ1) is 27.7. The van der Waals surface area contributed by atoms with E-state index in [4.69, 9.17) is 19.1 Å². The Hall–Kier alpha value is -2.59. The lowest BCUT2D eigenvalue weighted by Gasteiger charge is -2.20. The van der Waals surface area contributed by atoms with Gasteiger partial charge in [-0.15, -0.1) is 0 Å². The minimum Gasteiger partial charge on any atom is -0.462 e. The van der Waals surface area contributed by atoms with Crippen molar-refractivity contribution in [3.63, 3.8) is 0 Å². The minimum atomic E-state index is -4.64. The van der Waals surface area contributed by atoms with Crippen LogP contribution in [0, 0.1) is 0 Å². The molecule has 328 valence electrons. The van der Waals surface area contributed by atoms with Crippen molar-refractivity contribution in [3.05, 3.63) is 72.9 Å². The summed E-state index contributed by atoms with van der Waals surface area (Å²) in [5.74, 6) is -1.02. The second-order valence-corrected chi connectivity index (χ2v) is 15.8. The predicted molar refractivity (Wildman–Crippen MR) is 233 cm³/mol. The van der Waals surface area contributed by atoms with Crippen molar-refractivity contribution in [1.82, 2.24) is 0 Å². The average molecular weight is 823 g/mol. The van der Waals surface area contributed by atoms with Gasteiger partial charge >= 0.3 is 19.8 Å². The molecule has 0 saturated heterocycles. The van der Waals surface area contributed by atoms with Crippen LogP contribution in [0.4, 0.5) is 0 Å². The second-order valence-electron chi connectivity index (χ2n) is 14.3. The Morgan fingerprint density at radius 2 is 1.00 bits per heavy atom. The summed E-state index contributed by atoms with van der Waals surface area (Å²) >= 11 is 0. The van der Waals surface area contributed by atoms with E-state index in [1.165, 1.54) is 64.2 Å². The maximum Gasteiger partial charge on any atom is 0.472 e. The summed E-state index contributed by atoms with van der Waals surface area (Å²) in [4.78, 5) is 35.0. The SMILES string of the molecule is CC/C=C/C/C=C/C/C=C/C/C=C/C/C=C/CCCCCC(=O)OC[C@H](COP(=O)(O)OC[C@@H](O)CO)OC(=O)CC/C=C/CCCCCCCCCCCCC. The molecule has 0 aliphatic rings. The molecule has 1 unspecified atom stereocenters. The zero-order valence-electron chi connectivity index (χ0n) is 35.5. The normalized spacial score (nSPS) is 14.5. The zero-order chi connectivity index (χ0) is 41.9. The smallest absolute Gasteiger partial charge is 0.462 e. The quantitative estimate of drug-likeness (QED) is 0.0236. The summed E-state index contributed by atoms with van der Waals surface area (Å²) in [5.41, 5.74) is 0. The summed E-state index contributed by atoms with van der Waals surface area (Å²) in [6.45, 7) is 2.18. The van der Waals surface area contributed by atoms with Gasteiger partial charge in [0.25, 0.3) is 0 Å². The summed E-state index contributed by atoms with van der Waals surface area (Å²) in [6.07, 6.45) is 47.4. The van der Waals surface area contributed by atoms with Gasteiger partial charge in [0.1, 0.15) is 12.7 Å². The number of carbonyl (C=O) groups is 2. The predicted octanol–water partition coefficient (Wildman–Crippen LogP) is 11.7. The van der Waals surface area contributed by atoms with Gasteiger partial charge in [0.15, 0.2) is 6.10 Å². The molecule has 3 N–H and O–H groups in total. The number of phosphoric ester groups is 1. The lowest BCUT2D eigenvalue weighted by Crippen LogP contribution is -2.29. The molecule has 0 fully saturated rings. The molecule has 3 atom stereocenters. The van der Waals surface area contributed by atoms with Gasteiger partial charge in [-0.2, -0.15) is 0 Å². The van der Waals surface area contributed by atoms with Crippen molar-refractivity contribution in [2.24, 2.45) is 0 Å². The van der Waals surface area contributed by atoms with Crippen LogP contribution >= 0.6 is 7.82 Å². The highest BCUT2D eigenvalue weighted by atomic mass is 31.2. The number of allylic oxidation sites excluding steroid dienone is 12. The van der Waals surface area contributed by atoms with Gasteiger partial charge < -0.3 is 24.6 Å². The summed E-state index contributed by atoms with van der Waals surface area (Å²) in [5, 5.41) is 18.3. The highest BCUT2D eigenvalue weighted by molar-refractivity contribution is 7.47. The fraction of sp³-hybridized carbons (Fsp3) is 0.696. The topological polar surface area (TPSA) is 149 Å². The van der Waals surface area contributed by atoms with Crippen LogP contribution in [0.25, 0.3) is 0 Å². The van der Waals surface area contributed by atoms with Crippen LogP contribution in [0.2, 0.25) is 0 Å². The van der Waals surface area contributed by atoms with E-state index in [9.17, 15) is 24.2 Å². The molecule has 11 heteroatoms. The van der Waals surface area contributed by atoms with Crippen LogP contribution in [-0.2, 0) is 32.7 Å². The van der Waals surface area contributed by atoms with Crippen LogP contribution in [0.3, 0.4) is 0 Å². The molecule has 0 spiro atoms. The van der Waals surface area contributed by atoms with Gasteiger partial charge in [-0.05, 0) is 70.6 Å². The summed E-state index contributed by atoms with van der Waals surface area (Å²) in [6, 6.07) is 0. The van der Waals surface area contributed by atoms with Gasteiger partial charge in [0, 0.05) is 12.8 Å². The van der Waals surface area contributed by atoms with E-state index in [0.29, 0.717) is 12.8 Å². The van der Waals surface area contributed by atoms with E-state index >= 15 is 0 Å². The maximum atomic E-state index is 12.6. The van der Waals surface area contributed by atoms with Crippen molar-refractivity contribution < 1.29 is 47.8 Å². The van der Waals surface area contributed by atoms with Gasteiger partial charge in [-0.1, -0.05) is 157 Å². The van der Waals surface area contributed by atoms with Crippen LogP contribution in [0.5, 0.6) is 0 Å². The molecule has 0 aliphatic heterocycles. The molecule has 10 nitrogen and oxygen atoms in total. The molecule has 57 heavy (non-hydrogen) atoms. The zero-order valence-corrected chi connectivity index (χ0v) is 36.4. The number of carbonyl (C=O) groups excluding carboxylic acids is 2. The number of hydrogen-bond donors (Lipinski definition) is 3. The molecular formula is C46H79O10P. The Bertz CT molecular complexity index is 1180. The monoisotopic (exact) mass is 823 g/mol. The number of hydrogen-bond acceptors (Lipinski definition) is 9. The first-order valence-corrected chi connectivity index (χ1v) is 23.4. The molecule has 0 aromatic heterocycles. The number of aliphatic hydroxyl groups excluding tert-OH is 2. The Labute approximate surface area is 346 Å². The van der Waals surface area contributed by atoms with E-state index in [0.717, 1.165) is 64.2 Å². The number of aliphatic hydroxyl groups is 2. The Morgan fingerprint density at radius 3 is 1.54 bits per heavy atom. The standard InChI is InChI=1S/C46H79O10P/c1-3-5-7-9-11-13-15-17-19-20-21-22-24-25-27-29-31-33-35-37-45(49)53-41-44(42-55-57(51,52)54-40-43(48)39-47)56-46(50)38-36-34-32-30-28-26-23-18-16-14-12-10-8-6-4-2/h5,7,11,13,17,19,21-22,25,27,32,34,43-44,47-48H,3-4,6,8-10,12,14-16,18,20,23-24,26,28-31,33,35-42H2,1-2H3,(H,51,52)/b7-5+,13-11+,19-17+,22-21+,27-25+,34-32+/t43-,44+/m0/s1. The average Bonchev–Trinajstić information content (AvgIpc) is 3.20. The second kappa shape index (κ2) is 41.6. The third-order valence-corrected chi connectivity index (χ3v) is 9.81. The van der Waals surface area contributed by atoms with Gasteiger partial charge in [-0.3, -0.25) is 18.6 Å². The minimum absolute atomic E-state index is 0.0903. The third kappa shape index (κ3) is 41.4. The van der Waals surface area contributed by atoms with Gasteiger partial charge in [0.05, 0.1) is 19.8 Å². The van der Waals surface area contributed by atoms with E-state index in [-0.39, 0.29) is 19.4 Å². The highest BCUT2D eigenvalue weighted by Crippen LogP contribution is 2.43. The van der Waals surface area contributed by atoms with Crippen molar-refractivity contribution in [3.8, 4) is 0 Å². The number of phosphoric acid groups is 1. The Kier molecular flexibility index (Phi) is 39.7. The summed E-state index contributed by atoms with van der Waals surface area (Å²) in [7, 11) is -4.64. The lowest BCUT2D eigenvalue weighted by molar-refractivity contribution is -0.161. The van der Waals surface area contributed by atoms with Crippen LogP contribution in [-0.4, -0.2) is 65.7 Å². The number of rotatable bonds is 40. The van der Waals surface area contributed by atoms with Crippen LogP contribution in [0.15, 0.2) is 72.9 Å². The molecule has 0 aliphatic carbocycles. The molecule has 0 aromatic rings. The molecule has 0 radical (unpaired) electrons. The van der Waals surface area contributed by atoms with E-state index in [1.807, 2.05) is 6.08 Å². The highest BCUT2D eigenvalue weighted by Gasteiger charge is 2.27. The molecule has 0 amide bonds. The first-order valence-electron chi connectivity index (χ1n) is 21.9. The van der Waals surface area contributed by atoms with Crippen molar-refractivity contribution in [2.45, 2.75) is 180 Å². The van der Waals surface area contributed by atoms with Gasteiger partial charge in [0.2, 0.25) is 0 Å². The van der Waals surface area contributed by atoms with Crippen molar-refractivity contribution >= 4 is 19.8 Å². The third-order valence-electron chi connectivity index (χ3n) is 8.86. The van der Waals surface area contributed by atoms with Crippen LogP contribution < -0.4 is 0 Å². The van der Waals surface area contributed by atoms with Crippen LogP contribution in [0.1, 0.15) is 168 Å². The molecule has 0 heterocycles. The lowest BCUT2D eigenvalue weighted by atomic mass is 10.1. The molecular weight excluding hydrogens is 743 g/mol. The van der Waals surface area contributed by atoms with E-state index < -0.39 is 51.8 Å².